The second kappa shape index (κ2) is 4.71. The van der Waals surface area contributed by atoms with Crippen LogP contribution in [0.2, 0.25) is 0 Å². The van der Waals surface area contributed by atoms with Crippen LogP contribution in [-0.4, -0.2) is 35.8 Å². The van der Waals surface area contributed by atoms with Gasteiger partial charge in [0.05, 0.1) is 5.60 Å². The SMILES string of the molecule is CN(C)C[C@H]1CC[C@@H]2C[C@@H]2[C@]1(O)c1cc(O)ccc1F. The highest BCUT2D eigenvalue weighted by molar-refractivity contribution is 5.36. The molecule has 4 atom stereocenters. The van der Waals surface area contributed by atoms with Crippen LogP contribution in [0.1, 0.15) is 24.8 Å². The molecular formula is C16H22FNO2. The molecule has 0 amide bonds. The Kier molecular flexibility index (Phi) is 3.26. The first kappa shape index (κ1) is 13.8. The second-order valence-electron chi connectivity index (χ2n) is 6.63. The van der Waals surface area contributed by atoms with Gasteiger partial charge in [-0.3, -0.25) is 0 Å². The molecule has 2 fully saturated rings. The first-order valence-corrected chi connectivity index (χ1v) is 7.29. The number of hydrogen-bond acceptors (Lipinski definition) is 3. The van der Waals surface area contributed by atoms with Crippen LogP contribution in [0.4, 0.5) is 4.39 Å². The molecule has 2 saturated carbocycles. The van der Waals surface area contributed by atoms with E-state index in [9.17, 15) is 14.6 Å². The van der Waals surface area contributed by atoms with Crippen LogP contribution in [0.25, 0.3) is 0 Å². The van der Waals surface area contributed by atoms with Gasteiger partial charge < -0.3 is 15.1 Å². The van der Waals surface area contributed by atoms with Gasteiger partial charge in [0, 0.05) is 18.0 Å². The summed E-state index contributed by atoms with van der Waals surface area (Å²) in [5.41, 5.74) is -0.868. The fraction of sp³-hybridized carbons (Fsp3) is 0.625. The van der Waals surface area contributed by atoms with E-state index in [1.54, 1.807) is 0 Å². The lowest BCUT2D eigenvalue weighted by atomic mass is 9.70. The summed E-state index contributed by atoms with van der Waals surface area (Å²) >= 11 is 0. The summed E-state index contributed by atoms with van der Waals surface area (Å²) in [7, 11) is 3.94. The standard InChI is InChI=1S/C16H22FNO2/c1-18(2)9-11-4-3-10-7-13(10)16(11,20)14-8-12(19)5-6-15(14)17/h5-6,8,10-11,13,19-20H,3-4,7,9H2,1-2H3/t10-,11-,13+,16+/m1/s1. The average molecular weight is 279 g/mol. The predicted octanol–water partition coefficient (Wildman–Crippen LogP) is 2.33. The van der Waals surface area contributed by atoms with E-state index >= 15 is 0 Å². The van der Waals surface area contributed by atoms with E-state index in [1.807, 2.05) is 19.0 Å². The van der Waals surface area contributed by atoms with E-state index < -0.39 is 11.4 Å². The second-order valence-corrected chi connectivity index (χ2v) is 6.63. The third-order valence-electron chi connectivity index (χ3n) is 4.96. The number of aromatic hydroxyl groups is 1. The van der Waals surface area contributed by atoms with Gasteiger partial charge in [-0.15, -0.1) is 0 Å². The van der Waals surface area contributed by atoms with Crippen LogP contribution < -0.4 is 0 Å². The van der Waals surface area contributed by atoms with E-state index in [2.05, 4.69) is 0 Å². The molecular weight excluding hydrogens is 257 g/mol. The van der Waals surface area contributed by atoms with Gasteiger partial charge in [0.25, 0.3) is 0 Å². The molecule has 0 heterocycles. The Morgan fingerprint density at radius 2 is 2.10 bits per heavy atom. The monoisotopic (exact) mass is 279 g/mol. The van der Waals surface area contributed by atoms with Crippen LogP contribution in [0.15, 0.2) is 18.2 Å². The summed E-state index contributed by atoms with van der Waals surface area (Å²) in [4.78, 5) is 2.04. The Labute approximate surface area is 119 Å². The van der Waals surface area contributed by atoms with E-state index in [0.29, 0.717) is 5.92 Å². The van der Waals surface area contributed by atoms with Crippen molar-refractivity contribution in [1.82, 2.24) is 4.90 Å². The maximum absolute atomic E-state index is 14.2. The molecule has 1 aromatic carbocycles. The Balaban J connectivity index is 2.02. The van der Waals surface area contributed by atoms with Gasteiger partial charge in [-0.1, -0.05) is 0 Å². The zero-order valence-corrected chi connectivity index (χ0v) is 12.0. The van der Waals surface area contributed by atoms with E-state index in [4.69, 9.17) is 0 Å². The van der Waals surface area contributed by atoms with Crippen molar-refractivity contribution in [2.75, 3.05) is 20.6 Å². The maximum atomic E-state index is 14.2. The molecule has 0 unspecified atom stereocenters. The minimum atomic E-state index is -1.14. The Hall–Kier alpha value is -1.13. The molecule has 0 saturated heterocycles. The predicted molar refractivity (Wildman–Crippen MR) is 74.8 cm³/mol. The zero-order valence-electron chi connectivity index (χ0n) is 12.0. The maximum Gasteiger partial charge on any atom is 0.129 e. The van der Waals surface area contributed by atoms with Crippen molar-refractivity contribution in [3.63, 3.8) is 0 Å². The number of benzene rings is 1. The summed E-state index contributed by atoms with van der Waals surface area (Å²) in [5, 5.41) is 21.0. The van der Waals surface area contributed by atoms with Crippen LogP contribution >= 0.6 is 0 Å². The number of aliphatic hydroxyl groups is 1. The number of fused-ring (bicyclic) bond motifs is 1. The summed E-state index contributed by atoms with van der Waals surface area (Å²) in [6.07, 6.45) is 2.99. The molecule has 0 bridgehead atoms. The van der Waals surface area contributed by atoms with E-state index in [1.165, 1.54) is 18.2 Å². The van der Waals surface area contributed by atoms with E-state index in [0.717, 1.165) is 25.8 Å². The largest absolute Gasteiger partial charge is 0.508 e. The number of phenolic OH excluding ortho intramolecular Hbond substituents is 1. The van der Waals surface area contributed by atoms with Crippen LogP contribution in [-0.2, 0) is 5.60 Å². The van der Waals surface area contributed by atoms with Crippen LogP contribution in [0.3, 0.4) is 0 Å². The van der Waals surface area contributed by atoms with Crippen molar-refractivity contribution < 1.29 is 14.6 Å². The number of hydrogen-bond donors (Lipinski definition) is 2. The van der Waals surface area contributed by atoms with Crippen molar-refractivity contribution in [3.05, 3.63) is 29.6 Å². The van der Waals surface area contributed by atoms with E-state index in [-0.39, 0.29) is 23.1 Å². The van der Waals surface area contributed by atoms with Crippen molar-refractivity contribution in [1.29, 1.82) is 0 Å². The third kappa shape index (κ3) is 2.11. The molecule has 3 nitrogen and oxygen atoms in total. The van der Waals surface area contributed by atoms with Crippen molar-refractivity contribution in [2.24, 2.45) is 17.8 Å². The van der Waals surface area contributed by atoms with Crippen molar-refractivity contribution >= 4 is 0 Å². The van der Waals surface area contributed by atoms with Gasteiger partial charge in [-0.05, 0) is 63.4 Å². The number of halogens is 1. The molecule has 3 rings (SSSR count). The molecule has 20 heavy (non-hydrogen) atoms. The summed E-state index contributed by atoms with van der Waals surface area (Å²) in [6, 6.07) is 3.98. The van der Waals surface area contributed by atoms with Gasteiger partial charge in [-0.25, -0.2) is 4.39 Å². The molecule has 1 aromatic rings. The van der Waals surface area contributed by atoms with Gasteiger partial charge in [-0.2, -0.15) is 0 Å². The highest BCUT2D eigenvalue weighted by Gasteiger charge is 2.60. The highest BCUT2D eigenvalue weighted by atomic mass is 19.1. The Bertz CT molecular complexity index is 519. The number of phenols is 1. The Morgan fingerprint density at radius 3 is 2.80 bits per heavy atom. The molecule has 4 heteroatoms. The lowest BCUT2D eigenvalue weighted by Gasteiger charge is -2.42. The highest BCUT2D eigenvalue weighted by Crippen LogP contribution is 2.61. The third-order valence-corrected chi connectivity index (χ3v) is 4.96. The first-order valence-electron chi connectivity index (χ1n) is 7.29. The number of nitrogens with zero attached hydrogens (tertiary/aromatic N) is 1. The first-order chi connectivity index (χ1) is 9.42. The molecule has 0 radical (unpaired) electrons. The van der Waals surface area contributed by atoms with Gasteiger partial charge in [0.15, 0.2) is 0 Å². The van der Waals surface area contributed by atoms with Gasteiger partial charge in [0.1, 0.15) is 11.6 Å². The molecule has 2 aliphatic rings. The summed E-state index contributed by atoms with van der Waals surface area (Å²) < 4.78 is 14.2. The minimum Gasteiger partial charge on any atom is -0.508 e. The summed E-state index contributed by atoms with van der Waals surface area (Å²) in [5.74, 6) is 0.262. The molecule has 2 N–H and O–H groups in total. The lowest BCUT2D eigenvalue weighted by molar-refractivity contribution is -0.0775. The minimum absolute atomic E-state index is 0.0116. The normalized spacial score (nSPS) is 36.0. The number of rotatable bonds is 3. The van der Waals surface area contributed by atoms with Crippen molar-refractivity contribution in [2.45, 2.75) is 24.9 Å². The quantitative estimate of drug-likeness (QED) is 0.892. The molecule has 2 aliphatic carbocycles. The molecule has 110 valence electrons. The molecule has 0 aliphatic heterocycles. The molecule has 0 spiro atoms. The lowest BCUT2D eigenvalue weighted by Crippen LogP contribution is -2.45. The zero-order chi connectivity index (χ0) is 14.5. The Morgan fingerprint density at radius 1 is 1.35 bits per heavy atom. The van der Waals surface area contributed by atoms with Gasteiger partial charge >= 0.3 is 0 Å². The fourth-order valence-corrected chi connectivity index (χ4v) is 3.95. The van der Waals surface area contributed by atoms with Gasteiger partial charge in [0.2, 0.25) is 0 Å². The topological polar surface area (TPSA) is 43.7 Å². The summed E-state index contributed by atoms with van der Waals surface area (Å²) in [6.45, 7) is 0.731. The smallest absolute Gasteiger partial charge is 0.129 e. The van der Waals surface area contributed by atoms with Crippen LogP contribution in [0, 0.1) is 23.6 Å². The van der Waals surface area contributed by atoms with Crippen molar-refractivity contribution in [3.8, 4) is 5.75 Å². The molecule has 0 aromatic heterocycles. The average Bonchev–Trinajstić information content (AvgIpc) is 3.16. The fourth-order valence-electron chi connectivity index (χ4n) is 3.95. The van der Waals surface area contributed by atoms with Crippen LogP contribution in [0.5, 0.6) is 5.75 Å².